The highest BCUT2D eigenvalue weighted by Gasteiger charge is 2.23. The van der Waals surface area contributed by atoms with E-state index in [9.17, 15) is 0 Å². The summed E-state index contributed by atoms with van der Waals surface area (Å²) in [6.07, 6.45) is 2.38. The number of para-hydroxylation sites is 1. The van der Waals surface area contributed by atoms with Gasteiger partial charge in [-0.2, -0.15) is 10.4 Å². The van der Waals surface area contributed by atoms with Crippen LogP contribution in [0, 0.1) is 11.3 Å². The molecule has 0 unspecified atom stereocenters. The Hall–Kier alpha value is -3.13. The van der Waals surface area contributed by atoms with E-state index in [0.717, 1.165) is 29.1 Å². The number of aryl methyl sites for hydroxylation is 1. The van der Waals surface area contributed by atoms with Crippen LogP contribution in [0.3, 0.4) is 0 Å². The van der Waals surface area contributed by atoms with Crippen LogP contribution in [0.4, 0.5) is 0 Å². The lowest BCUT2D eigenvalue weighted by atomic mass is 10.1. The molecule has 4 rings (SSSR count). The molecule has 0 N–H and O–H groups in total. The molecule has 3 heterocycles. The van der Waals surface area contributed by atoms with Gasteiger partial charge in [0.05, 0.1) is 17.0 Å². The molecule has 1 aliphatic heterocycles. The van der Waals surface area contributed by atoms with Gasteiger partial charge >= 0.3 is 0 Å². The van der Waals surface area contributed by atoms with Crippen LogP contribution in [-0.2, 0) is 6.42 Å². The predicted molar refractivity (Wildman–Crippen MR) is 81.0 cm³/mol. The summed E-state index contributed by atoms with van der Waals surface area (Å²) in [5.74, 6) is 1.88. The molecule has 0 radical (unpaired) electrons. The van der Waals surface area contributed by atoms with Crippen molar-refractivity contribution in [1.29, 1.82) is 5.26 Å². The Morgan fingerprint density at radius 3 is 2.91 bits per heavy atom. The SMILES string of the molecule is CCc1cc2n(n1)-c1ncc(C#N)cc1Oc1ccccc1-2. The second-order valence-corrected chi connectivity index (χ2v) is 5.04. The molecular weight excluding hydrogens is 276 g/mol. The van der Waals surface area contributed by atoms with Crippen molar-refractivity contribution < 1.29 is 4.74 Å². The Kier molecular flexibility index (Phi) is 2.70. The normalized spacial score (nSPS) is 11.5. The van der Waals surface area contributed by atoms with Gasteiger partial charge in [0.15, 0.2) is 11.6 Å². The van der Waals surface area contributed by atoms with Crippen LogP contribution in [0.15, 0.2) is 42.6 Å². The molecule has 0 amide bonds. The quantitative estimate of drug-likeness (QED) is 0.538. The van der Waals surface area contributed by atoms with Gasteiger partial charge in [0.2, 0.25) is 0 Å². The maximum Gasteiger partial charge on any atom is 0.197 e. The smallest absolute Gasteiger partial charge is 0.197 e. The molecule has 0 fully saturated rings. The second-order valence-electron chi connectivity index (χ2n) is 5.04. The fraction of sp³-hybridized carbons (Fsp3) is 0.118. The summed E-state index contributed by atoms with van der Waals surface area (Å²) in [6, 6.07) is 13.6. The van der Waals surface area contributed by atoms with Crippen LogP contribution in [0.2, 0.25) is 0 Å². The summed E-state index contributed by atoms with van der Waals surface area (Å²) >= 11 is 0. The van der Waals surface area contributed by atoms with Crippen LogP contribution >= 0.6 is 0 Å². The van der Waals surface area contributed by atoms with E-state index in [2.05, 4.69) is 29.1 Å². The number of benzene rings is 1. The minimum Gasteiger partial charge on any atom is -0.453 e. The second kappa shape index (κ2) is 4.71. The van der Waals surface area contributed by atoms with Gasteiger partial charge in [0.25, 0.3) is 0 Å². The summed E-state index contributed by atoms with van der Waals surface area (Å²) in [5.41, 5.74) is 3.36. The molecule has 0 spiro atoms. The minimum absolute atomic E-state index is 0.461. The Morgan fingerprint density at radius 2 is 2.09 bits per heavy atom. The number of hydrogen-bond acceptors (Lipinski definition) is 4. The Morgan fingerprint density at radius 1 is 1.23 bits per heavy atom. The Bertz CT molecular complexity index is 921. The van der Waals surface area contributed by atoms with Gasteiger partial charge in [-0.15, -0.1) is 0 Å². The molecule has 0 atom stereocenters. The zero-order valence-corrected chi connectivity index (χ0v) is 11.9. The van der Waals surface area contributed by atoms with Crippen molar-refractivity contribution in [2.75, 3.05) is 0 Å². The summed E-state index contributed by atoms with van der Waals surface area (Å²) in [5, 5.41) is 13.7. The molecule has 0 bridgehead atoms. The van der Waals surface area contributed by atoms with E-state index in [1.54, 1.807) is 10.7 Å². The largest absolute Gasteiger partial charge is 0.453 e. The molecule has 22 heavy (non-hydrogen) atoms. The Labute approximate surface area is 127 Å². The zero-order valence-electron chi connectivity index (χ0n) is 11.9. The fourth-order valence-electron chi connectivity index (χ4n) is 2.57. The molecular formula is C17H12N4O. The zero-order chi connectivity index (χ0) is 15.1. The third kappa shape index (κ3) is 1.78. The van der Waals surface area contributed by atoms with Crippen LogP contribution in [0.1, 0.15) is 18.2 Å². The van der Waals surface area contributed by atoms with E-state index in [1.165, 1.54) is 6.20 Å². The lowest BCUT2D eigenvalue weighted by molar-refractivity contribution is 0.481. The number of ether oxygens (including phenoxy) is 1. The van der Waals surface area contributed by atoms with E-state index < -0.39 is 0 Å². The molecule has 5 heteroatoms. The number of pyridine rings is 1. The first-order chi connectivity index (χ1) is 10.8. The highest BCUT2D eigenvalue weighted by atomic mass is 16.5. The van der Waals surface area contributed by atoms with Crippen molar-refractivity contribution in [3.05, 3.63) is 53.9 Å². The molecule has 1 aliphatic rings. The lowest BCUT2D eigenvalue weighted by Gasteiger charge is -2.07. The van der Waals surface area contributed by atoms with Crippen LogP contribution in [0.5, 0.6) is 11.5 Å². The maximum atomic E-state index is 9.07. The number of nitrogens with zero attached hydrogens (tertiary/aromatic N) is 4. The highest BCUT2D eigenvalue weighted by molar-refractivity contribution is 5.72. The van der Waals surface area contributed by atoms with Gasteiger partial charge < -0.3 is 4.74 Å². The summed E-state index contributed by atoms with van der Waals surface area (Å²) in [7, 11) is 0. The molecule has 0 saturated carbocycles. The molecule has 106 valence electrons. The average Bonchev–Trinajstić information content (AvgIpc) is 2.94. The fourth-order valence-corrected chi connectivity index (χ4v) is 2.57. The van der Waals surface area contributed by atoms with Gasteiger partial charge in [-0.05, 0) is 24.6 Å². The topological polar surface area (TPSA) is 63.7 Å². The van der Waals surface area contributed by atoms with Crippen molar-refractivity contribution in [1.82, 2.24) is 14.8 Å². The predicted octanol–water partition coefficient (Wildman–Crippen LogP) is 3.47. The third-order valence-corrected chi connectivity index (χ3v) is 3.67. The molecule has 2 aromatic heterocycles. The summed E-state index contributed by atoms with van der Waals surface area (Å²) < 4.78 is 7.78. The molecule has 3 aromatic rings. The molecule has 5 nitrogen and oxygen atoms in total. The van der Waals surface area contributed by atoms with Gasteiger partial charge in [-0.25, -0.2) is 9.67 Å². The number of hydrogen-bond donors (Lipinski definition) is 0. The number of aromatic nitrogens is 3. The van der Waals surface area contributed by atoms with Crippen LogP contribution < -0.4 is 4.74 Å². The third-order valence-electron chi connectivity index (χ3n) is 3.67. The van der Waals surface area contributed by atoms with Crippen molar-refractivity contribution in [3.8, 4) is 34.6 Å². The van der Waals surface area contributed by atoms with Gasteiger partial charge in [-0.1, -0.05) is 19.1 Å². The lowest BCUT2D eigenvalue weighted by Crippen LogP contribution is -2.02. The summed E-state index contributed by atoms with van der Waals surface area (Å²) in [6.45, 7) is 2.07. The summed E-state index contributed by atoms with van der Waals surface area (Å²) in [4.78, 5) is 4.38. The van der Waals surface area contributed by atoms with E-state index in [1.807, 2.05) is 24.3 Å². The van der Waals surface area contributed by atoms with E-state index in [-0.39, 0.29) is 0 Å². The van der Waals surface area contributed by atoms with Crippen molar-refractivity contribution in [2.24, 2.45) is 0 Å². The number of rotatable bonds is 1. The first kappa shape index (κ1) is 12.6. The Balaban J connectivity index is 2.06. The van der Waals surface area contributed by atoms with Gasteiger partial charge in [0, 0.05) is 17.8 Å². The molecule has 1 aromatic carbocycles. The van der Waals surface area contributed by atoms with E-state index in [4.69, 9.17) is 10.00 Å². The monoisotopic (exact) mass is 288 g/mol. The van der Waals surface area contributed by atoms with Gasteiger partial charge in [-0.3, -0.25) is 0 Å². The van der Waals surface area contributed by atoms with Crippen molar-refractivity contribution in [2.45, 2.75) is 13.3 Å². The highest BCUT2D eigenvalue weighted by Crippen LogP contribution is 2.40. The van der Waals surface area contributed by atoms with Gasteiger partial charge in [0.1, 0.15) is 11.8 Å². The first-order valence-electron chi connectivity index (χ1n) is 7.07. The maximum absolute atomic E-state index is 9.07. The number of fused-ring (bicyclic) bond motifs is 5. The van der Waals surface area contributed by atoms with E-state index in [0.29, 0.717) is 17.1 Å². The standard InChI is InChI=1S/C17H12N4O/c1-2-12-8-14-13-5-3-4-6-15(13)22-16-7-11(9-18)10-19-17(16)21(14)20-12/h3-8,10H,2H2,1H3. The van der Waals surface area contributed by atoms with Crippen molar-refractivity contribution >= 4 is 0 Å². The van der Waals surface area contributed by atoms with Crippen LogP contribution in [0.25, 0.3) is 17.1 Å². The van der Waals surface area contributed by atoms with Crippen LogP contribution in [-0.4, -0.2) is 14.8 Å². The first-order valence-corrected chi connectivity index (χ1v) is 7.07. The number of nitriles is 1. The molecule has 0 saturated heterocycles. The van der Waals surface area contributed by atoms with E-state index >= 15 is 0 Å². The van der Waals surface area contributed by atoms with Crippen molar-refractivity contribution in [3.63, 3.8) is 0 Å². The minimum atomic E-state index is 0.461. The molecule has 0 aliphatic carbocycles. The average molecular weight is 288 g/mol.